The number of fused-ring (bicyclic) bond motifs is 2. The molecule has 1 saturated heterocycles. The van der Waals surface area contributed by atoms with Crippen LogP contribution in [0.1, 0.15) is 13.3 Å². The summed E-state index contributed by atoms with van der Waals surface area (Å²) in [6, 6.07) is -0.144. The van der Waals surface area contributed by atoms with Gasteiger partial charge in [0.05, 0.1) is 12.7 Å². The summed E-state index contributed by atoms with van der Waals surface area (Å²) >= 11 is 0. The fourth-order valence-corrected chi connectivity index (χ4v) is 2.80. The van der Waals surface area contributed by atoms with Crippen molar-refractivity contribution < 1.29 is 19.0 Å². The molecule has 0 aromatic carbocycles. The maximum atomic E-state index is 10.9. The van der Waals surface area contributed by atoms with Crippen molar-refractivity contribution in [1.82, 2.24) is 0 Å². The molecule has 0 N–H and O–H groups in total. The van der Waals surface area contributed by atoms with E-state index in [4.69, 9.17) is 19.7 Å². The van der Waals surface area contributed by atoms with Crippen LogP contribution >= 0.6 is 0 Å². The second kappa shape index (κ2) is 4.52. The minimum absolute atomic E-state index is 0.0476. The first-order chi connectivity index (χ1) is 8.13. The quantitative estimate of drug-likeness (QED) is 0.318. The normalized spacial score (nSPS) is 38.8. The number of methoxy groups -OCH3 is 1. The average molecular weight is 241 g/mol. The van der Waals surface area contributed by atoms with Crippen LogP contribution in [-0.4, -0.2) is 44.0 Å². The molecule has 0 unspecified atom stereocenters. The predicted molar refractivity (Wildman–Crippen MR) is 57.2 cm³/mol. The Morgan fingerprint density at radius 2 is 2.47 bits per heavy atom. The van der Waals surface area contributed by atoms with E-state index >= 15 is 0 Å². The fourth-order valence-electron chi connectivity index (χ4n) is 2.80. The lowest BCUT2D eigenvalue weighted by molar-refractivity contribution is -0.157. The summed E-state index contributed by atoms with van der Waals surface area (Å²) in [5, 5.41) is 3.76. The third-order valence-electron chi connectivity index (χ3n) is 3.49. The molecule has 1 aliphatic carbocycles. The molecule has 0 aromatic rings. The van der Waals surface area contributed by atoms with Gasteiger partial charge in [-0.3, -0.25) is 4.79 Å². The molecule has 0 spiro atoms. The molecule has 0 radical (unpaired) electrons. The zero-order chi connectivity index (χ0) is 12.5. The molecule has 7 nitrogen and oxygen atoms in total. The van der Waals surface area contributed by atoms with Gasteiger partial charge in [-0.1, -0.05) is 5.11 Å². The van der Waals surface area contributed by atoms with Crippen molar-refractivity contribution in [3.63, 3.8) is 0 Å². The first kappa shape index (κ1) is 12.2. The molecular formula is C10H15N3O4. The Morgan fingerprint density at radius 3 is 3.06 bits per heavy atom. The van der Waals surface area contributed by atoms with E-state index in [2.05, 4.69) is 10.0 Å². The smallest absolute Gasteiger partial charge is 0.302 e. The molecule has 1 saturated carbocycles. The molecule has 2 bridgehead atoms. The number of carbonyl (C=O) groups is 1. The van der Waals surface area contributed by atoms with Gasteiger partial charge in [0.2, 0.25) is 0 Å². The van der Waals surface area contributed by atoms with Gasteiger partial charge in [-0.15, -0.1) is 0 Å². The highest BCUT2D eigenvalue weighted by Crippen LogP contribution is 2.47. The zero-order valence-electron chi connectivity index (χ0n) is 9.83. The summed E-state index contributed by atoms with van der Waals surface area (Å²) in [4.78, 5) is 13.7. The molecule has 17 heavy (non-hydrogen) atoms. The lowest BCUT2D eigenvalue weighted by Crippen LogP contribution is -2.43. The van der Waals surface area contributed by atoms with Gasteiger partial charge in [0.1, 0.15) is 12.2 Å². The third-order valence-corrected chi connectivity index (χ3v) is 3.49. The van der Waals surface area contributed by atoms with Gasteiger partial charge in [0, 0.05) is 30.9 Å². The SMILES string of the molecule is CO[C@H]1[C@@H]2CO[C@@]1(COC(C)=O)C[C@H]2N=[N+]=[N-]. The molecule has 4 atom stereocenters. The summed E-state index contributed by atoms with van der Waals surface area (Å²) < 4.78 is 16.1. The number of rotatable bonds is 4. The van der Waals surface area contributed by atoms with Crippen LogP contribution < -0.4 is 0 Å². The zero-order valence-corrected chi connectivity index (χ0v) is 9.83. The second-order valence-electron chi connectivity index (χ2n) is 4.45. The molecule has 7 heteroatoms. The van der Waals surface area contributed by atoms with Crippen LogP contribution in [0.15, 0.2) is 5.11 Å². The molecular weight excluding hydrogens is 226 g/mol. The van der Waals surface area contributed by atoms with Gasteiger partial charge >= 0.3 is 5.97 Å². The van der Waals surface area contributed by atoms with Crippen LogP contribution in [0.3, 0.4) is 0 Å². The monoisotopic (exact) mass is 241 g/mol. The third kappa shape index (κ3) is 1.97. The first-order valence-corrected chi connectivity index (χ1v) is 5.47. The molecule has 2 fully saturated rings. The Kier molecular flexibility index (Phi) is 3.24. The largest absolute Gasteiger partial charge is 0.463 e. The summed E-state index contributed by atoms with van der Waals surface area (Å²) in [6.45, 7) is 1.98. The van der Waals surface area contributed by atoms with Crippen molar-refractivity contribution in [1.29, 1.82) is 0 Å². The predicted octanol–water partition coefficient (Wildman–Crippen LogP) is 1.03. The molecule has 1 heterocycles. The van der Waals surface area contributed by atoms with Crippen LogP contribution in [0.4, 0.5) is 0 Å². The van der Waals surface area contributed by atoms with E-state index in [1.165, 1.54) is 6.92 Å². The highest BCUT2D eigenvalue weighted by atomic mass is 16.6. The average Bonchev–Trinajstić information content (AvgIpc) is 2.79. The lowest BCUT2D eigenvalue weighted by atomic mass is 10.0. The number of nitrogens with zero attached hydrogens (tertiary/aromatic N) is 3. The summed E-state index contributed by atoms with van der Waals surface area (Å²) in [7, 11) is 1.59. The van der Waals surface area contributed by atoms with Crippen molar-refractivity contribution in [3.8, 4) is 0 Å². The van der Waals surface area contributed by atoms with Gasteiger partial charge in [0.15, 0.2) is 0 Å². The molecule has 2 rings (SSSR count). The van der Waals surface area contributed by atoms with Crippen LogP contribution in [0, 0.1) is 5.92 Å². The number of hydrogen-bond acceptors (Lipinski definition) is 5. The maximum absolute atomic E-state index is 10.9. The number of azide groups is 1. The Morgan fingerprint density at radius 1 is 1.71 bits per heavy atom. The van der Waals surface area contributed by atoms with Crippen molar-refractivity contribution in [3.05, 3.63) is 10.4 Å². The van der Waals surface area contributed by atoms with Gasteiger partial charge in [-0.25, -0.2) is 0 Å². The summed E-state index contributed by atoms with van der Waals surface area (Å²) in [5.74, 6) is -0.306. The number of esters is 1. The van der Waals surface area contributed by atoms with Crippen molar-refractivity contribution in [2.45, 2.75) is 31.1 Å². The summed E-state index contributed by atoms with van der Waals surface area (Å²) in [6.07, 6.45) is 0.352. The minimum Gasteiger partial charge on any atom is -0.463 e. The first-order valence-electron chi connectivity index (χ1n) is 5.47. The topological polar surface area (TPSA) is 93.5 Å². The Labute approximate surface area is 98.6 Å². The van der Waals surface area contributed by atoms with E-state index in [0.717, 1.165) is 0 Å². The van der Waals surface area contributed by atoms with E-state index in [1.54, 1.807) is 7.11 Å². The highest BCUT2D eigenvalue weighted by molar-refractivity contribution is 5.66. The van der Waals surface area contributed by atoms with Gasteiger partial charge in [-0.2, -0.15) is 0 Å². The number of hydrogen-bond donors (Lipinski definition) is 0. The number of carbonyl (C=O) groups excluding carboxylic acids is 1. The van der Waals surface area contributed by atoms with Crippen LogP contribution in [0.2, 0.25) is 0 Å². The van der Waals surface area contributed by atoms with E-state index in [-0.39, 0.29) is 30.6 Å². The van der Waals surface area contributed by atoms with Crippen LogP contribution in [-0.2, 0) is 19.0 Å². The summed E-state index contributed by atoms with van der Waals surface area (Å²) in [5.41, 5.74) is 7.86. The maximum Gasteiger partial charge on any atom is 0.302 e. The molecule has 0 amide bonds. The lowest BCUT2D eigenvalue weighted by Gasteiger charge is -2.29. The second-order valence-corrected chi connectivity index (χ2v) is 4.45. The van der Waals surface area contributed by atoms with E-state index in [1.807, 2.05) is 0 Å². The molecule has 1 aliphatic heterocycles. The van der Waals surface area contributed by atoms with Crippen molar-refractivity contribution in [2.24, 2.45) is 11.0 Å². The van der Waals surface area contributed by atoms with E-state index < -0.39 is 5.60 Å². The Bertz CT molecular complexity index is 369. The minimum atomic E-state index is -0.649. The van der Waals surface area contributed by atoms with Gasteiger partial charge < -0.3 is 14.2 Å². The molecule has 94 valence electrons. The Balaban J connectivity index is 2.15. The fraction of sp³-hybridized carbons (Fsp3) is 0.900. The van der Waals surface area contributed by atoms with Crippen molar-refractivity contribution in [2.75, 3.05) is 20.3 Å². The van der Waals surface area contributed by atoms with Crippen LogP contribution in [0.5, 0.6) is 0 Å². The Hall–Kier alpha value is -1.30. The van der Waals surface area contributed by atoms with E-state index in [0.29, 0.717) is 13.0 Å². The van der Waals surface area contributed by atoms with Gasteiger partial charge in [0.25, 0.3) is 0 Å². The van der Waals surface area contributed by atoms with Gasteiger partial charge in [-0.05, 0) is 12.0 Å². The standard InChI is InChI=1S/C10H15N3O4/c1-6(14)16-5-10-3-8(12-13-11)7(4-17-10)9(10)15-2/h7-9H,3-5H2,1-2H3/t7-,8-,9+,10-/m1/s1. The highest BCUT2D eigenvalue weighted by Gasteiger charge is 2.60. The molecule has 0 aromatic heterocycles. The van der Waals surface area contributed by atoms with Crippen LogP contribution in [0.25, 0.3) is 10.4 Å². The number of ether oxygens (including phenoxy) is 3. The van der Waals surface area contributed by atoms with Crippen molar-refractivity contribution >= 4 is 5.97 Å². The molecule has 2 aliphatic rings. The van der Waals surface area contributed by atoms with E-state index in [9.17, 15) is 4.79 Å².